The van der Waals surface area contributed by atoms with E-state index in [4.69, 9.17) is 9.84 Å². The number of aliphatic hydroxyl groups excluding tert-OH is 1. The van der Waals surface area contributed by atoms with E-state index in [0.29, 0.717) is 25.3 Å². The van der Waals surface area contributed by atoms with Crippen LogP contribution >= 0.6 is 11.3 Å². The molecule has 8 heteroatoms. The number of carbonyl (C=O) groups is 1. The second-order valence-corrected chi connectivity index (χ2v) is 8.34. The van der Waals surface area contributed by atoms with E-state index in [2.05, 4.69) is 20.6 Å². The Balaban J connectivity index is 1.37. The Bertz CT molecular complexity index is 1000. The maximum Gasteiger partial charge on any atom is 0.251 e. The van der Waals surface area contributed by atoms with Gasteiger partial charge in [-0.25, -0.2) is 9.97 Å². The van der Waals surface area contributed by atoms with Gasteiger partial charge in [0.1, 0.15) is 17.0 Å². The van der Waals surface area contributed by atoms with Crippen LogP contribution in [0.15, 0.2) is 30.6 Å². The van der Waals surface area contributed by atoms with Crippen LogP contribution in [0.5, 0.6) is 0 Å². The molecule has 1 aliphatic carbocycles. The van der Waals surface area contributed by atoms with Gasteiger partial charge in [0, 0.05) is 23.5 Å². The molecule has 0 atom stereocenters. The Morgan fingerprint density at radius 1 is 1.13 bits per heavy atom. The molecule has 1 aromatic carbocycles. The molecule has 0 radical (unpaired) electrons. The van der Waals surface area contributed by atoms with Gasteiger partial charge in [-0.15, -0.1) is 11.3 Å². The molecule has 1 amide bonds. The highest BCUT2D eigenvalue weighted by atomic mass is 32.1. The molecule has 0 bridgehead atoms. The number of aliphatic hydroxyl groups is 1. The number of carbonyl (C=O) groups excluding carboxylic acids is 1. The highest BCUT2D eigenvalue weighted by molar-refractivity contribution is 7.19. The number of hydrogen-bond donors (Lipinski definition) is 3. The summed E-state index contributed by atoms with van der Waals surface area (Å²) in [6.45, 7) is 1.70. The van der Waals surface area contributed by atoms with Crippen molar-refractivity contribution in [1.82, 2.24) is 15.3 Å². The summed E-state index contributed by atoms with van der Waals surface area (Å²) in [7, 11) is 0. The monoisotopic (exact) mass is 426 g/mol. The number of aryl methyl sites for hydroxylation is 2. The number of fused-ring (bicyclic) bond motifs is 3. The van der Waals surface area contributed by atoms with Crippen molar-refractivity contribution in [2.45, 2.75) is 32.2 Å². The van der Waals surface area contributed by atoms with Gasteiger partial charge in [0.15, 0.2) is 0 Å². The van der Waals surface area contributed by atoms with Gasteiger partial charge < -0.3 is 20.5 Å². The molecule has 0 saturated heterocycles. The highest BCUT2D eigenvalue weighted by Gasteiger charge is 2.19. The molecule has 30 heavy (non-hydrogen) atoms. The molecule has 3 N–H and O–H groups in total. The second kappa shape index (κ2) is 9.97. The molecule has 0 fully saturated rings. The topological polar surface area (TPSA) is 96.4 Å². The summed E-state index contributed by atoms with van der Waals surface area (Å²) in [4.78, 5) is 23.7. The summed E-state index contributed by atoms with van der Waals surface area (Å²) in [5, 5.41) is 16.1. The molecular formula is C22H26N4O3S. The Morgan fingerprint density at radius 2 is 1.97 bits per heavy atom. The SMILES string of the molecule is O=C(NCCOCCO)c1ccc(CNc2ncnc3sc4c(c23)CCCC4)cc1. The predicted molar refractivity (Wildman–Crippen MR) is 118 cm³/mol. The lowest BCUT2D eigenvalue weighted by molar-refractivity contribution is 0.0838. The zero-order valence-corrected chi connectivity index (χ0v) is 17.6. The number of nitrogens with one attached hydrogen (secondary N) is 2. The van der Waals surface area contributed by atoms with Crippen LogP contribution in [-0.4, -0.2) is 47.3 Å². The first-order valence-electron chi connectivity index (χ1n) is 10.3. The van der Waals surface area contributed by atoms with Gasteiger partial charge >= 0.3 is 0 Å². The van der Waals surface area contributed by atoms with Crippen LogP contribution in [0.4, 0.5) is 5.82 Å². The molecule has 0 unspecified atom stereocenters. The van der Waals surface area contributed by atoms with E-state index in [-0.39, 0.29) is 19.1 Å². The lowest BCUT2D eigenvalue weighted by Crippen LogP contribution is -2.27. The molecule has 1 aliphatic rings. The van der Waals surface area contributed by atoms with Crippen molar-refractivity contribution in [3.8, 4) is 0 Å². The minimum absolute atomic E-state index is 0.0150. The first-order chi connectivity index (χ1) is 14.8. The second-order valence-electron chi connectivity index (χ2n) is 7.26. The molecular weight excluding hydrogens is 400 g/mol. The third-order valence-electron chi connectivity index (χ3n) is 5.20. The van der Waals surface area contributed by atoms with E-state index in [1.807, 2.05) is 24.3 Å². The van der Waals surface area contributed by atoms with Crippen molar-refractivity contribution in [1.29, 1.82) is 0 Å². The van der Waals surface area contributed by atoms with E-state index in [9.17, 15) is 4.79 Å². The Kier molecular flexibility index (Phi) is 6.88. The average molecular weight is 427 g/mol. The number of ether oxygens (including phenoxy) is 1. The quantitative estimate of drug-likeness (QED) is 0.455. The third-order valence-corrected chi connectivity index (χ3v) is 6.39. The van der Waals surface area contributed by atoms with Crippen LogP contribution < -0.4 is 10.6 Å². The molecule has 0 aliphatic heterocycles. The average Bonchev–Trinajstić information content (AvgIpc) is 3.17. The van der Waals surface area contributed by atoms with E-state index < -0.39 is 0 Å². The summed E-state index contributed by atoms with van der Waals surface area (Å²) in [6.07, 6.45) is 6.36. The number of hydrogen-bond acceptors (Lipinski definition) is 7. The van der Waals surface area contributed by atoms with Crippen molar-refractivity contribution >= 4 is 33.3 Å². The molecule has 7 nitrogen and oxygen atoms in total. The van der Waals surface area contributed by atoms with E-state index in [1.54, 1.807) is 17.7 Å². The summed E-state index contributed by atoms with van der Waals surface area (Å²) in [5.74, 6) is 0.758. The van der Waals surface area contributed by atoms with Gasteiger partial charge in [0.25, 0.3) is 5.91 Å². The number of benzene rings is 1. The lowest BCUT2D eigenvalue weighted by atomic mass is 9.97. The fraction of sp³-hybridized carbons (Fsp3) is 0.409. The Morgan fingerprint density at radius 3 is 2.80 bits per heavy atom. The first kappa shape index (κ1) is 20.7. The zero-order valence-electron chi connectivity index (χ0n) is 16.8. The van der Waals surface area contributed by atoms with Crippen LogP contribution in [0.1, 0.15) is 39.2 Å². The molecule has 4 rings (SSSR count). The lowest BCUT2D eigenvalue weighted by Gasteiger charge is -2.12. The van der Waals surface area contributed by atoms with Crippen molar-refractivity contribution in [2.24, 2.45) is 0 Å². The van der Waals surface area contributed by atoms with Gasteiger partial charge in [-0.05, 0) is 48.9 Å². The standard InChI is InChI=1S/C22H26N4O3S/c27-10-12-29-11-9-23-21(28)16-7-5-15(6-8-16)13-24-20-19-17-3-1-2-4-18(17)30-22(19)26-14-25-20/h5-8,14,27H,1-4,9-13H2,(H,23,28)(H,24,25,26). The van der Waals surface area contributed by atoms with E-state index >= 15 is 0 Å². The molecule has 0 saturated carbocycles. The van der Waals surface area contributed by atoms with Gasteiger partial charge in [0.05, 0.1) is 25.2 Å². The van der Waals surface area contributed by atoms with Crippen molar-refractivity contribution in [3.63, 3.8) is 0 Å². The molecule has 3 aromatic rings. The number of aromatic nitrogens is 2. The molecule has 0 spiro atoms. The maximum absolute atomic E-state index is 12.2. The summed E-state index contributed by atoms with van der Waals surface area (Å²) in [5.41, 5.74) is 3.10. The maximum atomic E-state index is 12.2. The van der Waals surface area contributed by atoms with E-state index in [0.717, 1.165) is 29.1 Å². The van der Waals surface area contributed by atoms with Crippen molar-refractivity contribution in [3.05, 3.63) is 52.2 Å². The Labute approximate surface area is 179 Å². The summed E-state index contributed by atoms with van der Waals surface area (Å²) >= 11 is 1.79. The minimum Gasteiger partial charge on any atom is -0.394 e. The number of thiophene rings is 1. The summed E-state index contributed by atoms with van der Waals surface area (Å²) in [6, 6.07) is 7.54. The smallest absolute Gasteiger partial charge is 0.251 e. The first-order valence-corrected chi connectivity index (χ1v) is 11.1. The van der Waals surface area contributed by atoms with E-state index in [1.165, 1.54) is 28.7 Å². The van der Waals surface area contributed by atoms with Gasteiger partial charge in [-0.1, -0.05) is 12.1 Å². The number of anilines is 1. The fourth-order valence-corrected chi connectivity index (χ4v) is 4.92. The van der Waals surface area contributed by atoms with Gasteiger partial charge in [-0.3, -0.25) is 4.79 Å². The van der Waals surface area contributed by atoms with Gasteiger partial charge in [0.2, 0.25) is 0 Å². The minimum atomic E-state index is -0.135. The zero-order chi connectivity index (χ0) is 20.8. The predicted octanol–water partition coefficient (Wildman–Crippen LogP) is 2.92. The Hall–Kier alpha value is -2.55. The van der Waals surface area contributed by atoms with Crippen LogP contribution in [0.25, 0.3) is 10.2 Å². The largest absolute Gasteiger partial charge is 0.394 e. The van der Waals surface area contributed by atoms with Crippen LogP contribution in [0, 0.1) is 0 Å². The normalized spacial score (nSPS) is 13.2. The van der Waals surface area contributed by atoms with Crippen molar-refractivity contribution in [2.75, 3.05) is 31.7 Å². The summed E-state index contributed by atoms with van der Waals surface area (Å²) < 4.78 is 5.14. The number of amides is 1. The van der Waals surface area contributed by atoms with Crippen LogP contribution in [0.3, 0.4) is 0 Å². The molecule has 2 aromatic heterocycles. The third kappa shape index (κ3) is 4.77. The molecule has 2 heterocycles. The fourth-order valence-electron chi connectivity index (χ4n) is 3.69. The van der Waals surface area contributed by atoms with Gasteiger partial charge in [-0.2, -0.15) is 0 Å². The van der Waals surface area contributed by atoms with Crippen molar-refractivity contribution < 1.29 is 14.6 Å². The number of rotatable bonds is 9. The van der Waals surface area contributed by atoms with Crippen LogP contribution in [0.2, 0.25) is 0 Å². The highest BCUT2D eigenvalue weighted by Crippen LogP contribution is 2.38. The number of nitrogens with zero attached hydrogens (tertiary/aromatic N) is 2. The van der Waals surface area contributed by atoms with Crippen LogP contribution in [-0.2, 0) is 24.1 Å². The molecule has 158 valence electrons.